The standard InChI is InChI=1S/C18H22/c1-3-5-15-7-11-17(12-8-15)18-13-9-16(6-4-2)10-14-18/h3,5,9-10,13-15,17H,7-8,11-12H2,1-2H3/b5-3+. The first-order chi connectivity index (χ1) is 8.83. The molecule has 0 unspecified atom stereocenters. The van der Waals surface area contributed by atoms with Gasteiger partial charge in [0.2, 0.25) is 0 Å². The van der Waals surface area contributed by atoms with Gasteiger partial charge < -0.3 is 0 Å². The lowest BCUT2D eigenvalue weighted by molar-refractivity contribution is 0.375. The second-order valence-electron chi connectivity index (χ2n) is 5.13. The molecule has 0 spiro atoms. The van der Waals surface area contributed by atoms with Crippen LogP contribution in [-0.2, 0) is 0 Å². The summed E-state index contributed by atoms with van der Waals surface area (Å²) in [5.74, 6) is 7.62. The molecule has 0 heterocycles. The molecule has 0 radical (unpaired) electrons. The molecule has 2 rings (SSSR count). The molecule has 94 valence electrons. The first-order valence-electron chi connectivity index (χ1n) is 6.99. The average Bonchev–Trinajstić information content (AvgIpc) is 2.41. The van der Waals surface area contributed by atoms with Crippen molar-refractivity contribution in [1.29, 1.82) is 0 Å². The van der Waals surface area contributed by atoms with Gasteiger partial charge in [-0.3, -0.25) is 0 Å². The first kappa shape index (κ1) is 13.0. The van der Waals surface area contributed by atoms with Crippen LogP contribution in [0.5, 0.6) is 0 Å². The van der Waals surface area contributed by atoms with E-state index >= 15 is 0 Å². The Balaban J connectivity index is 1.98. The lowest BCUT2D eigenvalue weighted by atomic mass is 9.78. The third-order valence-electron chi connectivity index (χ3n) is 3.89. The van der Waals surface area contributed by atoms with E-state index in [2.05, 4.69) is 55.2 Å². The molecule has 0 saturated heterocycles. The Labute approximate surface area is 111 Å². The topological polar surface area (TPSA) is 0 Å². The van der Waals surface area contributed by atoms with E-state index < -0.39 is 0 Å². The van der Waals surface area contributed by atoms with E-state index in [-0.39, 0.29) is 0 Å². The minimum Gasteiger partial charge on any atom is -0.101 e. The second-order valence-corrected chi connectivity index (χ2v) is 5.13. The fourth-order valence-electron chi connectivity index (χ4n) is 2.90. The average molecular weight is 238 g/mol. The van der Waals surface area contributed by atoms with Gasteiger partial charge in [-0.25, -0.2) is 0 Å². The summed E-state index contributed by atoms with van der Waals surface area (Å²) in [5, 5.41) is 0. The molecule has 18 heavy (non-hydrogen) atoms. The van der Waals surface area contributed by atoms with Crippen LogP contribution in [0.15, 0.2) is 36.4 Å². The van der Waals surface area contributed by atoms with Gasteiger partial charge in [0, 0.05) is 5.56 Å². The smallest absolute Gasteiger partial charge is 0.0245 e. The van der Waals surface area contributed by atoms with Gasteiger partial charge in [0.15, 0.2) is 0 Å². The van der Waals surface area contributed by atoms with Gasteiger partial charge in [-0.15, -0.1) is 5.92 Å². The quantitative estimate of drug-likeness (QED) is 0.507. The van der Waals surface area contributed by atoms with E-state index in [4.69, 9.17) is 0 Å². The summed E-state index contributed by atoms with van der Waals surface area (Å²) in [4.78, 5) is 0. The van der Waals surface area contributed by atoms with Crippen molar-refractivity contribution in [1.82, 2.24) is 0 Å². The van der Waals surface area contributed by atoms with Gasteiger partial charge in [0.05, 0.1) is 0 Å². The normalized spacial score (nSPS) is 23.7. The van der Waals surface area contributed by atoms with Crippen LogP contribution in [0, 0.1) is 17.8 Å². The predicted octanol–water partition coefficient (Wildman–Crippen LogP) is 4.91. The monoisotopic (exact) mass is 238 g/mol. The predicted molar refractivity (Wildman–Crippen MR) is 78.5 cm³/mol. The molecular formula is C18H22. The molecule has 0 aromatic heterocycles. The molecule has 0 heteroatoms. The highest BCUT2D eigenvalue weighted by atomic mass is 14.2. The molecule has 0 nitrogen and oxygen atoms in total. The molecule has 1 aliphatic carbocycles. The van der Waals surface area contributed by atoms with Crippen molar-refractivity contribution >= 4 is 0 Å². The van der Waals surface area contributed by atoms with Crippen molar-refractivity contribution in [2.75, 3.05) is 0 Å². The highest BCUT2D eigenvalue weighted by Crippen LogP contribution is 2.36. The Morgan fingerprint density at radius 1 is 1.06 bits per heavy atom. The maximum Gasteiger partial charge on any atom is 0.0245 e. The minimum atomic E-state index is 0.759. The highest BCUT2D eigenvalue weighted by Gasteiger charge is 2.20. The summed E-state index contributed by atoms with van der Waals surface area (Å²) in [7, 11) is 0. The molecule has 1 saturated carbocycles. The van der Waals surface area contributed by atoms with Crippen LogP contribution in [0.3, 0.4) is 0 Å². The molecule has 0 bridgehead atoms. The van der Waals surface area contributed by atoms with Crippen LogP contribution >= 0.6 is 0 Å². The minimum absolute atomic E-state index is 0.759. The van der Waals surface area contributed by atoms with Crippen LogP contribution in [-0.4, -0.2) is 0 Å². The SMILES string of the molecule is CC#Cc1ccc(C2CCC(/C=C/C)CC2)cc1. The fraction of sp³-hybridized carbons (Fsp3) is 0.444. The second kappa shape index (κ2) is 6.45. The zero-order valence-electron chi connectivity index (χ0n) is 11.4. The number of rotatable bonds is 2. The van der Waals surface area contributed by atoms with Crippen molar-refractivity contribution in [3.63, 3.8) is 0 Å². The number of benzene rings is 1. The maximum absolute atomic E-state index is 3.10. The lowest BCUT2D eigenvalue weighted by Gasteiger charge is -2.27. The van der Waals surface area contributed by atoms with E-state index in [1.165, 1.54) is 31.2 Å². The van der Waals surface area contributed by atoms with E-state index in [9.17, 15) is 0 Å². The summed E-state index contributed by atoms with van der Waals surface area (Å²) in [5.41, 5.74) is 2.62. The van der Waals surface area contributed by atoms with Crippen molar-refractivity contribution in [2.45, 2.75) is 45.4 Å². The largest absolute Gasteiger partial charge is 0.101 e. The Morgan fingerprint density at radius 2 is 1.72 bits per heavy atom. The first-order valence-corrected chi connectivity index (χ1v) is 6.99. The molecule has 0 aliphatic heterocycles. The molecule has 1 fully saturated rings. The molecule has 0 atom stereocenters. The van der Waals surface area contributed by atoms with E-state index in [0.29, 0.717) is 0 Å². The summed E-state index contributed by atoms with van der Waals surface area (Å²) < 4.78 is 0. The van der Waals surface area contributed by atoms with Crippen molar-refractivity contribution < 1.29 is 0 Å². The Hall–Kier alpha value is -1.48. The van der Waals surface area contributed by atoms with Crippen molar-refractivity contribution in [3.8, 4) is 11.8 Å². The van der Waals surface area contributed by atoms with Crippen LogP contribution < -0.4 is 0 Å². The molecule has 0 amide bonds. The van der Waals surface area contributed by atoms with Gasteiger partial charge in [-0.1, -0.05) is 30.2 Å². The number of allylic oxidation sites excluding steroid dienone is 2. The van der Waals surface area contributed by atoms with Gasteiger partial charge in [0.25, 0.3) is 0 Å². The molecule has 0 N–H and O–H groups in total. The fourth-order valence-corrected chi connectivity index (χ4v) is 2.90. The summed E-state index contributed by atoms with van der Waals surface area (Å²) in [6, 6.07) is 8.84. The van der Waals surface area contributed by atoms with Crippen LogP contribution in [0.2, 0.25) is 0 Å². The van der Waals surface area contributed by atoms with Gasteiger partial charge in [0.1, 0.15) is 0 Å². The summed E-state index contributed by atoms with van der Waals surface area (Å²) in [6.45, 7) is 4.01. The number of hydrogen-bond donors (Lipinski definition) is 0. The Bertz CT molecular complexity index is 445. The van der Waals surface area contributed by atoms with Crippen LogP contribution in [0.25, 0.3) is 0 Å². The van der Waals surface area contributed by atoms with E-state index in [1.54, 1.807) is 0 Å². The third kappa shape index (κ3) is 3.26. The molecule has 1 aromatic rings. The van der Waals surface area contributed by atoms with Gasteiger partial charge in [-0.05, 0) is 69.1 Å². The molecule has 1 aromatic carbocycles. The lowest BCUT2D eigenvalue weighted by Crippen LogP contribution is -2.11. The summed E-state index contributed by atoms with van der Waals surface area (Å²) in [6.07, 6.45) is 9.90. The van der Waals surface area contributed by atoms with E-state index in [0.717, 1.165) is 17.4 Å². The van der Waals surface area contributed by atoms with Crippen molar-refractivity contribution in [3.05, 3.63) is 47.5 Å². The van der Waals surface area contributed by atoms with Gasteiger partial charge >= 0.3 is 0 Å². The van der Waals surface area contributed by atoms with Gasteiger partial charge in [-0.2, -0.15) is 0 Å². The third-order valence-corrected chi connectivity index (χ3v) is 3.89. The van der Waals surface area contributed by atoms with Crippen molar-refractivity contribution in [2.24, 2.45) is 5.92 Å². The van der Waals surface area contributed by atoms with Crippen LogP contribution in [0.4, 0.5) is 0 Å². The highest BCUT2D eigenvalue weighted by molar-refractivity contribution is 5.36. The van der Waals surface area contributed by atoms with Crippen LogP contribution in [0.1, 0.15) is 56.6 Å². The zero-order valence-corrected chi connectivity index (χ0v) is 11.4. The summed E-state index contributed by atoms with van der Waals surface area (Å²) >= 11 is 0. The number of hydrogen-bond acceptors (Lipinski definition) is 0. The molecular weight excluding hydrogens is 216 g/mol. The molecule has 1 aliphatic rings. The Kier molecular flexibility index (Phi) is 4.65. The zero-order chi connectivity index (χ0) is 12.8. The Morgan fingerprint density at radius 3 is 2.28 bits per heavy atom. The maximum atomic E-state index is 3.10. The van der Waals surface area contributed by atoms with E-state index in [1.807, 2.05) is 6.92 Å².